The molecule has 1 fully saturated rings. The van der Waals surface area contributed by atoms with E-state index in [1.165, 1.54) is 24.9 Å². The molecular formula is C15H25BrN4. The van der Waals surface area contributed by atoms with E-state index in [2.05, 4.69) is 56.2 Å². The molecule has 0 aromatic carbocycles. The van der Waals surface area contributed by atoms with Crippen LogP contribution in [0.4, 0.5) is 5.82 Å². The summed E-state index contributed by atoms with van der Waals surface area (Å²) in [4.78, 5) is 9.37. The average molecular weight is 341 g/mol. The zero-order valence-electron chi connectivity index (χ0n) is 12.7. The number of rotatable bonds is 5. The first kappa shape index (κ1) is 15.7. The molecule has 0 unspecified atom stereocenters. The average Bonchev–Trinajstić information content (AvgIpc) is 2.40. The standard InChI is InChI=1S/C15H25BrN4/c1-17-9-13-8-14(16)10-18-15(13)20-6-4-12(5-7-20)11-19(2)3/h8,10,12,17H,4-7,9,11H2,1-3H3. The van der Waals surface area contributed by atoms with E-state index in [1.54, 1.807) is 0 Å². The minimum atomic E-state index is 0.824. The maximum absolute atomic E-state index is 4.64. The smallest absolute Gasteiger partial charge is 0.133 e. The van der Waals surface area contributed by atoms with Gasteiger partial charge in [-0.1, -0.05) is 0 Å². The molecule has 0 radical (unpaired) electrons. The van der Waals surface area contributed by atoms with Crippen molar-refractivity contribution in [1.82, 2.24) is 15.2 Å². The monoisotopic (exact) mass is 340 g/mol. The van der Waals surface area contributed by atoms with Crippen LogP contribution in [0.2, 0.25) is 0 Å². The Morgan fingerprint density at radius 1 is 1.40 bits per heavy atom. The fourth-order valence-corrected chi connectivity index (χ4v) is 3.30. The quantitative estimate of drug-likeness (QED) is 0.891. The highest BCUT2D eigenvalue weighted by Gasteiger charge is 2.22. The van der Waals surface area contributed by atoms with Gasteiger partial charge in [-0.3, -0.25) is 0 Å². The summed E-state index contributed by atoms with van der Waals surface area (Å²) < 4.78 is 1.05. The number of piperidine rings is 1. The van der Waals surface area contributed by atoms with E-state index >= 15 is 0 Å². The predicted molar refractivity (Wildman–Crippen MR) is 88.2 cm³/mol. The van der Waals surface area contributed by atoms with Gasteiger partial charge in [-0.2, -0.15) is 0 Å². The molecule has 1 aromatic rings. The van der Waals surface area contributed by atoms with Crippen molar-refractivity contribution in [3.05, 3.63) is 22.3 Å². The topological polar surface area (TPSA) is 31.4 Å². The van der Waals surface area contributed by atoms with Crippen molar-refractivity contribution in [3.63, 3.8) is 0 Å². The summed E-state index contributed by atoms with van der Waals surface area (Å²) in [5, 5.41) is 3.23. The van der Waals surface area contributed by atoms with Gasteiger partial charge in [0.2, 0.25) is 0 Å². The summed E-state index contributed by atoms with van der Waals surface area (Å²) in [6.45, 7) is 4.29. The van der Waals surface area contributed by atoms with E-state index in [0.29, 0.717) is 0 Å². The van der Waals surface area contributed by atoms with Crippen molar-refractivity contribution in [2.45, 2.75) is 19.4 Å². The van der Waals surface area contributed by atoms with Crippen LogP contribution in [0.3, 0.4) is 0 Å². The van der Waals surface area contributed by atoms with Crippen molar-refractivity contribution in [1.29, 1.82) is 0 Å². The number of nitrogens with one attached hydrogen (secondary N) is 1. The zero-order valence-corrected chi connectivity index (χ0v) is 14.3. The largest absolute Gasteiger partial charge is 0.356 e. The third kappa shape index (κ3) is 4.17. The van der Waals surface area contributed by atoms with Gasteiger partial charge in [0.1, 0.15) is 5.82 Å². The molecule has 0 spiro atoms. The number of halogens is 1. The lowest BCUT2D eigenvalue weighted by atomic mass is 9.96. The van der Waals surface area contributed by atoms with Crippen molar-refractivity contribution >= 4 is 21.7 Å². The second kappa shape index (κ2) is 7.38. The molecule has 20 heavy (non-hydrogen) atoms. The highest BCUT2D eigenvalue weighted by atomic mass is 79.9. The molecule has 1 aromatic heterocycles. The van der Waals surface area contributed by atoms with E-state index in [0.717, 1.165) is 35.8 Å². The SMILES string of the molecule is CNCc1cc(Br)cnc1N1CCC(CN(C)C)CC1. The Kier molecular flexibility index (Phi) is 5.81. The van der Waals surface area contributed by atoms with Gasteiger partial charge in [0.15, 0.2) is 0 Å². The molecular weight excluding hydrogens is 316 g/mol. The van der Waals surface area contributed by atoms with Crippen LogP contribution < -0.4 is 10.2 Å². The molecule has 0 bridgehead atoms. The molecule has 5 heteroatoms. The molecule has 1 aliphatic heterocycles. The van der Waals surface area contributed by atoms with Gasteiger partial charge in [-0.15, -0.1) is 0 Å². The first-order chi connectivity index (χ1) is 9.60. The van der Waals surface area contributed by atoms with Gasteiger partial charge >= 0.3 is 0 Å². The van der Waals surface area contributed by atoms with Crippen molar-refractivity contribution in [2.75, 3.05) is 45.7 Å². The molecule has 0 amide bonds. The zero-order chi connectivity index (χ0) is 14.5. The van der Waals surface area contributed by atoms with Crippen LogP contribution in [-0.4, -0.2) is 50.7 Å². The summed E-state index contributed by atoms with van der Waals surface area (Å²) in [7, 11) is 6.30. The van der Waals surface area contributed by atoms with Crippen molar-refractivity contribution in [2.24, 2.45) is 5.92 Å². The van der Waals surface area contributed by atoms with Crippen LogP contribution in [0.15, 0.2) is 16.7 Å². The highest BCUT2D eigenvalue weighted by molar-refractivity contribution is 9.10. The molecule has 1 N–H and O–H groups in total. The van der Waals surface area contributed by atoms with Crippen LogP contribution >= 0.6 is 15.9 Å². The van der Waals surface area contributed by atoms with E-state index in [-0.39, 0.29) is 0 Å². The molecule has 0 aliphatic carbocycles. The normalized spacial score (nSPS) is 16.9. The minimum Gasteiger partial charge on any atom is -0.356 e. The maximum atomic E-state index is 4.64. The summed E-state index contributed by atoms with van der Waals surface area (Å²) in [6.07, 6.45) is 4.42. The predicted octanol–water partition coefficient (Wildman–Crippen LogP) is 2.34. The Labute approximate surface area is 130 Å². The van der Waals surface area contributed by atoms with Crippen LogP contribution in [0, 0.1) is 5.92 Å². The van der Waals surface area contributed by atoms with E-state index in [1.807, 2.05) is 13.2 Å². The van der Waals surface area contributed by atoms with Gasteiger partial charge in [-0.25, -0.2) is 4.98 Å². The highest BCUT2D eigenvalue weighted by Crippen LogP contribution is 2.26. The van der Waals surface area contributed by atoms with Crippen LogP contribution in [0.5, 0.6) is 0 Å². The Morgan fingerprint density at radius 2 is 2.10 bits per heavy atom. The Bertz CT molecular complexity index is 428. The van der Waals surface area contributed by atoms with Gasteiger partial charge in [-0.05, 0) is 61.9 Å². The number of anilines is 1. The number of aromatic nitrogens is 1. The number of hydrogen-bond donors (Lipinski definition) is 1. The van der Waals surface area contributed by atoms with Crippen LogP contribution in [0.25, 0.3) is 0 Å². The van der Waals surface area contributed by atoms with E-state index in [9.17, 15) is 0 Å². The Balaban J connectivity index is 2.03. The number of pyridine rings is 1. The first-order valence-corrected chi connectivity index (χ1v) is 8.08. The fourth-order valence-electron chi connectivity index (χ4n) is 2.92. The van der Waals surface area contributed by atoms with Crippen LogP contribution in [-0.2, 0) is 6.54 Å². The van der Waals surface area contributed by atoms with Gasteiger partial charge in [0, 0.05) is 42.4 Å². The lowest BCUT2D eigenvalue weighted by Gasteiger charge is -2.35. The molecule has 0 atom stereocenters. The van der Waals surface area contributed by atoms with E-state index in [4.69, 9.17) is 0 Å². The molecule has 1 aliphatic rings. The third-order valence-electron chi connectivity index (χ3n) is 3.81. The minimum absolute atomic E-state index is 0.824. The second-order valence-electron chi connectivity index (χ2n) is 5.86. The Hall–Kier alpha value is -0.650. The second-order valence-corrected chi connectivity index (χ2v) is 6.77. The lowest BCUT2D eigenvalue weighted by molar-refractivity contribution is 0.284. The molecule has 1 saturated heterocycles. The van der Waals surface area contributed by atoms with Crippen molar-refractivity contribution < 1.29 is 0 Å². The maximum Gasteiger partial charge on any atom is 0.133 e. The molecule has 2 heterocycles. The van der Waals surface area contributed by atoms with Gasteiger partial charge in [0.25, 0.3) is 0 Å². The Morgan fingerprint density at radius 3 is 2.70 bits per heavy atom. The molecule has 2 rings (SSSR count). The van der Waals surface area contributed by atoms with Gasteiger partial charge < -0.3 is 15.1 Å². The molecule has 4 nitrogen and oxygen atoms in total. The van der Waals surface area contributed by atoms with Crippen LogP contribution in [0.1, 0.15) is 18.4 Å². The van der Waals surface area contributed by atoms with E-state index < -0.39 is 0 Å². The number of hydrogen-bond acceptors (Lipinski definition) is 4. The van der Waals surface area contributed by atoms with Crippen molar-refractivity contribution in [3.8, 4) is 0 Å². The first-order valence-electron chi connectivity index (χ1n) is 7.29. The van der Waals surface area contributed by atoms with Gasteiger partial charge in [0.05, 0.1) is 0 Å². The summed E-state index contributed by atoms with van der Waals surface area (Å²) in [5.74, 6) is 1.97. The number of nitrogens with zero attached hydrogens (tertiary/aromatic N) is 3. The summed E-state index contributed by atoms with van der Waals surface area (Å²) >= 11 is 3.51. The fraction of sp³-hybridized carbons (Fsp3) is 0.667. The molecule has 112 valence electrons. The lowest BCUT2D eigenvalue weighted by Crippen LogP contribution is -2.38. The third-order valence-corrected chi connectivity index (χ3v) is 4.25. The molecule has 0 saturated carbocycles. The summed E-state index contributed by atoms with van der Waals surface area (Å²) in [5.41, 5.74) is 1.27. The summed E-state index contributed by atoms with van der Waals surface area (Å²) in [6, 6.07) is 2.17.